The molecule has 26 heavy (non-hydrogen) atoms. The van der Waals surface area contributed by atoms with E-state index in [-0.39, 0.29) is 0 Å². The largest absolute Gasteiger partial charge is 0.315 e. The average Bonchev–Trinajstić information content (AvgIpc) is 3.07. The molecule has 0 aliphatic heterocycles. The number of aryl methyl sites for hydroxylation is 2. The second-order valence-electron chi connectivity index (χ2n) is 6.62. The van der Waals surface area contributed by atoms with Crippen LogP contribution in [0.5, 0.6) is 0 Å². The van der Waals surface area contributed by atoms with Crippen LogP contribution in [0, 0.1) is 5.41 Å². The van der Waals surface area contributed by atoms with Gasteiger partial charge in [0.15, 0.2) is 0 Å². The van der Waals surface area contributed by atoms with E-state index in [1.807, 2.05) is 42.1 Å². The molecule has 0 spiro atoms. The molecule has 4 rings (SSSR count). The standard InChI is InChI=1S/C21H19Br2N3/c1-25(21(24)26(2)19-12-15(22)9-10-17(19)23)18-11-8-14-7-6-13-4-3-5-16(18)20(13)14/h3-5,8-12,24H,6-7H2,1-2H3. The molecule has 0 saturated carbocycles. The fourth-order valence-electron chi connectivity index (χ4n) is 3.72. The van der Waals surface area contributed by atoms with Crippen LogP contribution < -0.4 is 9.80 Å². The minimum atomic E-state index is 0.419. The molecule has 0 amide bonds. The van der Waals surface area contributed by atoms with Crippen LogP contribution in [0.25, 0.3) is 10.8 Å². The zero-order valence-corrected chi connectivity index (χ0v) is 17.9. The first-order chi connectivity index (χ1) is 12.5. The normalized spacial score (nSPS) is 12.5. The van der Waals surface area contributed by atoms with Gasteiger partial charge in [0.1, 0.15) is 0 Å². The van der Waals surface area contributed by atoms with Crippen molar-refractivity contribution in [1.29, 1.82) is 5.41 Å². The first-order valence-electron chi connectivity index (χ1n) is 8.52. The van der Waals surface area contributed by atoms with Crippen LogP contribution in [-0.2, 0) is 12.8 Å². The Labute approximate surface area is 170 Å². The van der Waals surface area contributed by atoms with E-state index in [4.69, 9.17) is 5.41 Å². The summed E-state index contributed by atoms with van der Waals surface area (Å²) in [6.07, 6.45) is 2.23. The Bertz CT molecular complexity index is 1020. The van der Waals surface area contributed by atoms with Crippen LogP contribution in [0.2, 0.25) is 0 Å². The van der Waals surface area contributed by atoms with Gasteiger partial charge in [-0.1, -0.05) is 40.2 Å². The molecule has 0 saturated heterocycles. The molecule has 0 atom stereocenters. The Hall–Kier alpha value is -1.85. The van der Waals surface area contributed by atoms with Crippen molar-refractivity contribution in [3.05, 3.63) is 68.6 Å². The van der Waals surface area contributed by atoms with Gasteiger partial charge in [0.25, 0.3) is 0 Å². The lowest BCUT2D eigenvalue weighted by Gasteiger charge is -2.30. The molecule has 1 aliphatic carbocycles. The van der Waals surface area contributed by atoms with E-state index < -0.39 is 0 Å². The summed E-state index contributed by atoms with van der Waals surface area (Å²) in [7, 11) is 3.88. The SMILES string of the molecule is CN(C(=N)N(C)c1ccc2c3c(cccc13)CC2)c1cc(Br)ccc1Br. The van der Waals surface area contributed by atoms with Crippen LogP contribution in [0.1, 0.15) is 11.1 Å². The topological polar surface area (TPSA) is 30.3 Å². The van der Waals surface area contributed by atoms with E-state index in [1.54, 1.807) is 0 Å². The maximum absolute atomic E-state index is 8.76. The van der Waals surface area contributed by atoms with Gasteiger partial charge in [-0.2, -0.15) is 0 Å². The third kappa shape index (κ3) is 2.83. The van der Waals surface area contributed by atoms with Crippen LogP contribution in [-0.4, -0.2) is 20.1 Å². The van der Waals surface area contributed by atoms with Gasteiger partial charge in [-0.25, -0.2) is 0 Å². The van der Waals surface area contributed by atoms with Gasteiger partial charge in [-0.05, 0) is 69.6 Å². The molecule has 3 nitrogen and oxygen atoms in total. The van der Waals surface area contributed by atoms with Crippen molar-refractivity contribution in [1.82, 2.24) is 0 Å². The zero-order valence-electron chi connectivity index (χ0n) is 14.7. The van der Waals surface area contributed by atoms with Gasteiger partial charge < -0.3 is 9.80 Å². The lowest BCUT2D eigenvalue weighted by molar-refractivity contribution is 1.02. The van der Waals surface area contributed by atoms with Gasteiger partial charge in [-0.3, -0.25) is 5.41 Å². The second kappa shape index (κ2) is 6.71. The third-order valence-electron chi connectivity index (χ3n) is 5.12. The first-order valence-corrected chi connectivity index (χ1v) is 10.1. The number of nitrogens with one attached hydrogen (secondary N) is 1. The van der Waals surface area contributed by atoms with Crippen molar-refractivity contribution >= 4 is 60.0 Å². The molecule has 3 aromatic rings. The fourth-order valence-corrected chi connectivity index (χ4v) is 4.58. The highest BCUT2D eigenvalue weighted by atomic mass is 79.9. The summed E-state index contributed by atoms with van der Waals surface area (Å²) in [5.74, 6) is 0.419. The van der Waals surface area contributed by atoms with Crippen molar-refractivity contribution < 1.29 is 0 Å². The Morgan fingerprint density at radius 3 is 2.35 bits per heavy atom. The lowest BCUT2D eigenvalue weighted by atomic mass is 10.0. The number of hydrogen-bond donors (Lipinski definition) is 1. The van der Waals surface area contributed by atoms with E-state index in [0.29, 0.717) is 5.96 Å². The van der Waals surface area contributed by atoms with Gasteiger partial charge >= 0.3 is 0 Å². The molecule has 1 N–H and O–H groups in total. The van der Waals surface area contributed by atoms with Crippen molar-refractivity contribution in [2.24, 2.45) is 0 Å². The summed E-state index contributed by atoms with van der Waals surface area (Å²) in [4.78, 5) is 3.84. The summed E-state index contributed by atoms with van der Waals surface area (Å²) < 4.78 is 1.95. The Balaban J connectivity index is 1.74. The molecule has 0 unspecified atom stereocenters. The maximum atomic E-state index is 8.76. The molecular formula is C21H19Br2N3. The van der Waals surface area contributed by atoms with Crippen molar-refractivity contribution in [2.45, 2.75) is 12.8 Å². The number of anilines is 2. The predicted octanol–water partition coefficient (Wildman–Crippen LogP) is 5.97. The molecule has 5 heteroatoms. The van der Waals surface area contributed by atoms with E-state index in [1.165, 1.54) is 21.9 Å². The molecule has 0 heterocycles. The zero-order chi connectivity index (χ0) is 18.4. The summed E-state index contributed by atoms with van der Waals surface area (Å²) in [5.41, 5.74) is 4.85. The van der Waals surface area contributed by atoms with E-state index in [0.717, 1.165) is 33.2 Å². The van der Waals surface area contributed by atoms with Gasteiger partial charge in [0.05, 0.1) is 11.4 Å². The first kappa shape index (κ1) is 17.6. The van der Waals surface area contributed by atoms with Gasteiger partial charge in [-0.15, -0.1) is 0 Å². The minimum absolute atomic E-state index is 0.419. The monoisotopic (exact) mass is 471 g/mol. The highest BCUT2D eigenvalue weighted by molar-refractivity contribution is 9.11. The highest BCUT2D eigenvalue weighted by Crippen LogP contribution is 2.37. The van der Waals surface area contributed by atoms with Crippen molar-refractivity contribution in [2.75, 3.05) is 23.9 Å². The summed E-state index contributed by atoms with van der Waals surface area (Å²) in [6, 6.07) is 16.9. The smallest absolute Gasteiger partial charge is 0.202 e. The molecule has 0 radical (unpaired) electrons. The van der Waals surface area contributed by atoms with Crippen LogP contribution >= 0.6 is 31.9 Å². The number of benzene rings is 3. The molecule has 1 aliphatic rings. The lowest BCUT2D eigenvalue weighted by Crippen LogP contribution is -2.40. The van der Waals surface area contributed by atoms with E-state index in [2.05, 4.69) is 62.2 Å². The molecule has 0 bridgehead atoms. The molecule has 0 fully saturated rings. The summed E-state index contributed by atoms with van der Waals surface area (Å²) in [6.45, 7) is 0. The Morgan fingerprint density at radius 2 is 1.58 bits per heavy atom. The third-order valence-corrected chi connectivity index (χ3v) is 6.28. The number of nitrogens with zero attached hydrogens (tertiary/aromatic N) is 2. The van der Waals surface area contributed by atoms with Crippen LogP contribution in [0.3, 0.4) is 0 Å². The van der Waals surface area contributed by atoms with E-state index in [9.17, 15) is 0 Å². The number of halogens is 2. The predicted molar refractivity (Wildman–Crippen MR) is 118 cm³/mol. The quantitative estimate of drug-likeness (QED) is 0.367. The number of hydrogen-bond acceptors (Lipinski definition) is 1. The Kier molecular flexibility index (Phi) is 4.53. The second-order valence-corrected chi connectivity index (χ2v) is 8.39. The maximum Gasteiger partial charge on any atom is 0.202 e. The number of rotatable bonds is 2. The highest BCUT2D eigenvalue weighted by Gasteiger charge is 2.21. The fraction of sp³-hybridized carbons (Fsp3) is 0.190. The van der Waals surface area contributed by atoms with Crippen molar-refractivity contribution in [3.63, 3.8) is 0 Å². The molecule has 0 aromatic heterocycles. The average molecular weight is 473 g/mol. The van der Waals surface area contributed by atoms with E-state index >= 15 is 0 Å². The van der Waals surface area contributed by atoms with Crippen LogP contribution in [0.4, 0.5) is 11.4 Å². The molecule has 3 aromatic carbocycles. The van der Waals surface area contributed by atoms with Crippen LogP contribution in [0.15, 0.2) is 57.5 Å². The summed E-state index contributed by atoms with van der Waals surface area (Å²) >= 11 is 7.11. The molecular weight excluding hydrogens is 454 g/mol. The number of guanidine groups is 1. The minimum Gasteiger partial charge on any atom is -0.315 e. The van der Waals surface area contributed by atoms with Crippen molar-refractivity contribution in [3.8, 4) is 0 Å². The summed E-state index contributed by atoms with van der Waals surface area (Å²) in [5, 5.41) is 11.4. The van der Waals surface area contributed by atoms with Gasteiger partial charge in [0.2, 0.25) is 5.96 Å². The Morgan fingerprint density at radius 1 is 0.885 bits per heavy atom. The van der Waals surface area contributed by atoms with Gasteiger partial charge in [0, 0.05) is 28.4 Å². The molecule has 132 valence electrons.